The highest BCUT2D eigenvalue weighted by Crippen LogP contribution is 2.11. The normalized spacial score (nSPS) is 10.2. The third-order valence-corrected chi connectivity index (χ3v) is 2.99. The number of hydrogen-bond donors (Lipinski definition) is 1. The summed E-state index contributed by atoms with van der Waals surface area (Å²) in [6.45, 7) is 6.11. The van der Waals surface area contributed by atoms with E-state index in [1.165, 1.54) is 57.8 Å². The number of unbranched alkanes of at least 4 members (excludes halogenated alkanes) is 10. The fourth-order valence-corrected chi connectivity index (χ4v) is 1.94. The van der Waals surface area contributed by atoms with Crippen molar-refractivity contribution in [1.29, 1.82) is 0 Å². The quantitative estimate of drug-likeness (QED) is 0.334. The molecule has 20 heavy (non-hydrogen) atoms. The molecule has 2 nitrogen and oxygen atoms in total. The Bertz CT molecular complexity index is 191. The van der Waals surface area contributed by atoms with Crippen LogP contribution < -0.4 is 0 Å². The molecule has 1 N–H and O–H groups in total. The zero-order valence-corrected chi connectivity index (χ0v) is 14.6. The van der Waals surface area contributed by atoms with E-state index in [0.717, 1.165) is 12.8 Å². The van der Waals surface area contributed by atoms with Crippen molar-refractivity contribution in [3.05, 3.63) is 0 Å². The van der Waals surface area contributed by atoms with Gasteiger partial charge in [-0.3, -0.25) is 4.79 Å². The highest BCUT2D eigenvalue weighted by Gasteiger charge is 1.96. The van der Waals surface area contributed by atoms with Crippen LogP contribution in [0.15, 0.2) is 0 Å². The molecule has 0 saturated carbocycles. The van der Waals surface area contributed by atoms with Gasteiger partial charge in [0.15, 0.2) is 0 Å². The first kappa shape index (κ1) is 22.0. The molecule has 0 bridgehead atoms. The third kappa shape index (κ3) is 30.6. The summed E-state index contributed by atoms with van der Waals surface area (Å²) >= 11 is 5.27. The van der Waals surface area contributed by atoms with Crippen LogP contribution in [0.5, 0.6) is 0 Å². The summed E-state index contributed by atoms with van der Waals surface area (Å²) < 4.78 is 0. The molecule has 0 radical (unpaired) electrons. The van der Waals surface area contributed by atoms with Gasteiger partial charge in [-0.05, 0) is 20.3 Å². The predicted molar refractivity (Wildman–Crippen MR) is 89.7 cm³/mol. The van der Waals surface area contributed by atoms with Crippen LogP contribution in [0, 0.1) is 0 Å². The van der Waals surface area contributed by atoms with Gasteiger partial charge in [-0.25, -0.2) is 0 Å². The van der Waals surface area contributed by atoms with Gasteiger partial charge in [-0.15, -0.1) is 11.6 Å². The fraction of sp³-hybridized carbons (Fsp3) is 0.941. The molecule has 0 aromatic carbocycles. The number of carbonyl (C=O) groups is 1. The minimum Gasteiger partial charge on any atom is -0.481 e. The monoisotopic (exact) mass is 306 g/mol. The molecule has 0 heterocycles. The predicted octanol–water partition coefficient (Wildman–Crippen LogP) is 6.41. The van der Waals surface area contributed by atoms with E-state index >= 15 is 0 Å². The molecule has 0 aliphatic heterocycles. The van der Waals surface area contributed by atoms with Crippen molar-refractivity contribution in [1.82, 2.24) is 0 Å². The van der Waals surface area contributed by atoms with Gasteiger partial charge in [-0.1, -0.05) is 71.1 Å². The number of alkyl halides is 1. The second kappa shape index (κ2) is 18.8. The Balaban J connectivity index is 0. The van der Waals surface area contributed by atoms with Gasteiger partial charge < -0.3 is 5.11 Å². The number of hydrogen-bond acceptors (Lipinski definition) is 1. The number of carboxylic acids is 1. The zero-order valence-electron chi connectivity index (χ0n) is 13.8. The van der Waals surface area contributed by atoms with Gasteiger partial charge in [0.25, 0.3) is 0 Å². The van der Waals surface area contributed by atoms with Crippen LogP contribution in [0.1, 0.15) is 97.8 Å². The highest BCUT2D eigenvalue weighted by atomic mass is 35.5. The largest absolute Gasteiger partial charge is 0.481 e. The third-order valence-electron chi connectivity index (χ3n) is 2.99. The van der Waals surface area contributed by atoms with Crippen LogP contribution >= 0.6 is 11.6 Å². The molecule has 3 heteroatoms. The lowest BCUT2D eigenvalue weighted by Crippen LogP contribution is -1.93. The van der Waals surface area contributed by atoms with E-state index < -0.39 is 5.97 Å². The summed E-state index contributed by atoms with van der Waals surface area (Å²) in [5, 5.41) is 8.76. The van der Waals surface area contributed by atoms with Gasteiger partial charge in [0.2, 0.25) is 0 Å². The summed E-state index contributed by atoms with van der Waals surface area (Å²) in [6, 6.07) is 0. The molecule has 0 amide bonds. The highest BCUT2D eigenvalue weighted by molar-refractivity contribution is 6.20. The smallest absolute Gasteiger partial charge is 0.303 e. The topological polar surface area (TPSA) is 37.3 Å². The molecule has 0 aromatic rings. The van der Waals surface area contributed by atoms with Gasteiger partial charge in [-0.2, -0.15) is 0 Å². The molecule has 0 unspecified atom stereocenters. The van der Waals surface area contributed by atoms with Crippen molar-refractivity contribution in [2.24, 2.45) is 0 Å². The first-order chi connectivity index (χ1) is 9.50. The van der Waals surface area contributed by atoms with Gasteiger partial charge >= 0.3 is 5.97 Å². The van der Waals surface area contributed by atoms with Crippen LogP contribution in [0.2, 0.25) is 0 Å². The first-order valence-electron chi connectivity index (χ1n) is 8.36. The molecule has 0 atom stereocenters. The summed E-state index contributed by atoms with van der Waals surface area (Å²) in [5.41, 5.74) is 0. The van der Waals surface area contributed by atoms with Gasteiger partial charge in [0.1, 0.15) is 0 Å². The number of rotatable bonds is 12. The Kier molecular flexibility index (Phi) is 20.7. The molecule has 0 saturated heterocycles. The molecule has 0 spiro atoms. The molecule has 122 valence electrons. The number of halogens is 1. The van der Waals surface area contributed by atoms with E-state index in [-0.39, 0.29) is 0 Å². The Hall–Kier alpha value is -0.240. The molecule has 0 fully saturated rings. The van der Waals surface area contributed by atoms with Crippen LogP contribution in [-0.2, 0) is 4.79 Å². The second-order valence-electron chi connectivity index (χ2n) is 5.69. The molecule has 0 aromatic heterocycles. The maximum absolute atomic E-state index is 10.3. The van der Waals surface area contributed by atoms with Gasteiger partial charge in [0.05, 0.1) is 0 Å². The average molecular weight is 307 g/mol. The maximum Gasteiger partial charge on any atom is 0.303 e. The Morgan fingerprint density at radius 1 is 0.850 bits per heavy atom. The maximum atomic E-state index is 10.3. The number of aliphatic carboxylic acids is 1. The van der Waals surface area contributed by atoms with Crippen molar-refractivity contribution < 1.29 is 9.90 Å². The van der Waals surface area contributed by atoms with Crippen LogP contribution in [0.3, 0.4) is 0 Å². The van der Waals surface area contributed by atoms with Crippen molar-refractivity contribution in [3.8, 4) is 0 Å². The van der Waals surface area contributed by atoms with Crippen molar-refractivity contribution >= 4 is 17.6 Å². The summed E-state index contributed by atoms with van der Waals surface area (Å²) in [6.07, 6.45) is 14.4. The van der Waals surface area contributed by atoms with E-state index in [1.54, 1.807) is 0 Å². The van der Waals surface area contributed by atoms with Gasteiger partial charge in [0, 0.05) is 11.8 Å². The van der Waals surface area contributed by atoms with E-state index in [1.807, 2.05) is 13.8 Å². The van der Waals surface area contributed by atoms with E-state index in [2.05, 4.69) is 6.92 Å². The molecule has 0 rings (SSSR count). The summed E-state index contributed by atoms with van der Waals surface area (Å²) in [5.74, 6) is -0.657. The molecule has 0 aliphatic carbocycles. The van der Waals surface area contributed by atoms with Crippen LogP contribution in [0.25, 0.3) is 0 Å². The average Bonchev–Trinajstić information content (AvgIpc) is 2.35. The molecular formula is C17H35ClO2. The summed E-state index contributed by atoms with van der Waals surface area (Å²) in [7, 11) is 0. The van der Waals surface area contributed by atoms with Crippen molar-refractivity contribution in [2.45, 2.75) is 103 Å². The summed E-state index contributed by atoms with van der Waals surface area (Å²) in [4.78, 5) is 10.3. The van der Waals surface area contributed by atoms with Crippen LogP contribution in [0.4, 0.5) is 0 Å². The van der Waals surface area contributed by atoms with Crippen molar-refractivity contribution in [2.75, 3.05) is 0 Å². The van der Waals surface area contributed by atoms with Crippen molar-refractivity contribution in [3.63, 3.8) is 0 Å². The Morgan fingerprint density at radius 3 is 1.45 bits per heavy atom. The standard InChI is InChI=1S/C14H28O2.C3H7Cl/c1-2-3-4-5-6-7-8-9-10-11-12-13-14(15)16;1-3(2)4/h2-13H2,1H3,(H,15,16);3H,1-2H3. The first-order valence-corrected chi connectivity index (χ1v) is 8.80. The minimum absolute atomic E-state index is 0.306. The molecular weight excluding hydrogens is 272 g/mol. The zero-order chi connectivity index (χ0) is 15.6. The van der Waals surface area contributed by atoms with Crippen LogP contribution in [-0.4, -0.2) is 16.5 Å². The van der Waals surface area contributed by atoms with E-state index in [9.17, 15) is 4.79 Å². The molecule has 0 aliphatic rings. The Labute approximate surface area is 131 Å². The minimum atomic E-state index is -0.657. The lowest BCUT2D eigenvalue weighted by atomic mass is 10.1. The fourth-order valence-electron chi connectivity index (χ4n) is 1.94. The number of carboxylic acid groups (broad SMARTS) is 1. The lowest BCUT2D eigenvalue weighted by Gasteiger charge is -2.01. The lowest BCUT2D eigenvalue weighted by molar-refractivity contribution is -0.137. The Morgan fingerprint density at radius 2 is 1.15 bits per heavy atom. The van der Waals surface area contributed by atoms with E-state index in [0.29, 0.717) is 11.8 Å². The SMILES string of the molecule is CC(C)Cl.CCCCCCCCCCCCCC(=O)O. The second-order valence-corrected chi connectivity index (χ2v) is 6.57. The van der Waals surface area contributed by atoms with E-state index in [4.69, 9.17) is 16.7 Å².